The molecule has 3 rings (SSSR count). The molecule has 5 heteroatoms. The van der Waals surface area contributed by atoms with E-state index in [2.05, 4.69) is 15.5 Å². The Morgan fingerprint density at radius 1 is 1.59 bits per heavy atom. The van der Waals surface area contributed by atoms with E-state index in [4.69, 9.17) is 0 Å². The fraction of sp³-hybridized carbons (Fsp3) is 0.667. The molecule has 1 aromatic rings. The first-order chi connectivity index (χ1) is 8.24. The molecule has 2 bridgehead atoms. The van der Waals surface area contributed by atoms with Gasteiger partial charge in [0.25, 0.3) is 0 Å². The number of nitrogens with zero attached hydrogens (tertiary/aromatic N) is 2. The highest BCUT2D eigenvalue weighted by atomic mass is 16.2. The van der Waals surface area contributed by atoms with E-state index in [1.165, 1.54) is 6.42 Å². The Kier molecular flexibility index (Phi) is 2.63. The van der Waals surface area contributed by atoms with Crippen molar-refractivity contribution in [2.24, 2.45) is 5.92 Å². The van der Waals surface area contributed by atoms with E-state index in [9.17, 15) is 4.79 Å². The zero-order chi connectivity index (χ0) is 11.8. The van der Waals surface area contributed by atoms with E-state index < -0.39 is 0 Å². The van der Waals surface area contributed by atoms with Gasteiger partial charge in [0, 0.05) is 37.4 Å². The van der Waals surface area contributed by atoms with Crippen LogP contribution >= 0.6 is 0 Å². The van der Waals surface area contributed by atoms with E-state index in [1.807, 2.05) is 18.1 Å². The van der Waals surface area contributed by atoms with Gasteiger partial charge in [-0.05, 0) is 19.3 Å². The van der Waals surface area contributed by atoms with Gasteiger partial charge in [0.05, 0.1) is 12.1 Å². The number of aromatic nitrogens is 2. The van der Waals surface area contributed by atoms with Gasteiger partial charge >= 0.3 is 0 Å². The van der Waals surface area contributed by atoms with Crippen molar-refractivity contribution in [3.63, 3.8) is 0 Å². The molecule has 5 nitrogen and oxygen atoms in total. The number of nitrogens with one attached hydrogen (secondary N) is 2. The van der Waals surface area contributed by atoms with Crippen LogP contribution in [0.4, 0.5) is 0 Å². The highest BCUT2D eigenvalue weighted by Crippen LogP contribution is 2.34. The molecule has 2 saturated heterocycles. The van der Waals surface area contributed by atoms with Gasteiger partial charge in [-0.15, -0.1) is 0 Å². The Morgan fingerprint density at radius 2 is 2.47 bits per heavy atom. The van der Waals surface area contributed by atoms with Crippen molar-refractivity contribution < 1.29 is 4.79 Å². The molecule has 2 fully saturated rings. The van der Waals surface area contributed by atoms with Crippen molar-refractivity contribution >= 4 is 5.91 Å². The largest absolute Gasteiger partial charge is 0.341 e. The molecule has 2 N–H and O–H groups in total. The van der Waals surface area contributed by atoms with Gasteiger partial charge < -0.3 is 10.2 Å². The second-order valence-corrected chi connectivity index (χ2v) is 5.19. The van der Waals surface area contributed by atoms with Crippen molar-refractivity contribution in [1.82, 2.24) is 20.4 Å². The lowest BCUT2D eigenvalue weighted by atomic mass is 9.88. The average molecular weight is 234 g/mol. The lowest BCUT2D eigenvalue weighted by Crippen LogP contribution is -2.38. The van der Waals surface area contributed by atoms with Gasteiger partial charge in [-0.25, -0.2) is 0 Å². The predicted octanol–water partition coefficient (Wildman–Crippen LogP) is 0.509. The van der Waals surface area contributed by atoms with E-state index in [0.29, 0.717) is 18.6 Å². The van der Waals surface area contributed by atoms with Crippen molar-refractivity contribution in [3.8, 4) is 0 Å². The van der Waals surface area contributed by atoms with E-state index >= 15 is 0 Å². The number of rotatable bonds is 3. The fourth-order valence-corrected chi connectivity index (χ4v) is 3.10. The molecular formula is C12H18N4O. The molecule has 0 saturated carbocycles. The number of carbonyl (C=O) groups excluding carboxylic acids is 1. The highest BCUT2D eigenvalue weighted by molar-refractivity contribution is 5.80. The van der Waals surface area contributed by atoms with E-state index in [1.54, 1.807) is 6.20 Å². The van der Waals surface area contributed by atoms with Gasteiger partial charge in [0.2, 0.25) is 5.91 Å². The van der Waals surface area contributed by atoms with Crippen LogP contribution in [-0.2, 0) is 11.3 Å². The molecule has 3 unspecified atom stereocenters. The van der Waals surface area contributed by atoms with Crippen LogP contribution in [0.15, 0.2) is 12.4 Å². The fourth-order valence-electron chi connectivity index (χ4n) is 3.10. The molecule has 1 amide bonds. The van der Waals surface area contributed by atoms with Gasteiger partial charge in [0.1, 0.15) is 0 Å². The van der Waals surface area contributed by atoms with Crippen LogP contribution < -0.4 is 5.32 Å². The normalized spacial score (nSPS) is 30.8. The lowest BCUT2D eigenvalue weighted by Gasteiger charge is -2.25. The van der Waals surface area contributed by atoms with Crippen molar-refractivity contribution in [2.45, 2.75) is 37.9 Å². The molecule has 0 radical (unpaired) electrons. The van der Waals surface area contributed by atoms with Gasteiger partial charge in [-0.2, -0.15) is 5.10 Å². The molecule has 17 heavy (non-hydrogen) atoms. The monoisotopic (exact) mass is 234 g/mol. The van der Waals surface area contributed by atoms with Crippen molar-refractivity contribution in [2.75, 3.05) is 7.05 Å². The van der Waals surface area contributed by atoms with Crippen LogP contribution in [0.1, 0.15) is 24.8 Å². The molecule has 0 aliphatic carbocycles. The van der Waals surface area contributed by atoms with Crippen LogP contribution in [-0.4, -0.2) is 40.1 Å². The maximum Gasteiger partial charge on any atom is 0.227 e. The summed E-state index contributed by atoms with van der Waals surface area (Å²) in [5, 5.41) is 10.2. The second kappa shape index (κ2) is 4.14. The molecule has 2 aliphatic heterocycles. The number of hydrogen-bond acceptors (Lipinski definition) is 3. The third-order valence-corrected chi connectivity index (χ3v) is 3.97. The first-order valence-corrected chi connectivity index (χ1v) is 6.22. The maximum absolute atomic E-state index is 12.3. The third-order valence-electron chi connectivity index (χ3n) is 3.97. The molecule has 1 aromatic heterocycles. The Labute approximate surface area is 101 Å². The first kappa shape index (κ1) is 10.8. The predicted molar refractivity (Wildman–Crippen MR) is 63.1 cm³/mol. The Morgan fingerprint density at radius 3 is 3.06 bits per heavy atom. The van der Waals surface area contributed by atoms with Gasteiger partial charge in [-0.1, -0.05) is 0 Å². The van der Waals surface area contributed by atoms with E-state index in [-0.39, 0.29) is 11.8 Å². The molecule has 0 spiro atoms. The minimum Gasteiger partial charge on any atom is -0.341 e. The van der Waals surface area contributed by atoms with Gasteiger partial charge in [-0.3, -0.25) is 9.89 Å². The standard InChI is InChI=1S/C12H18N4O/c1-16(7-8-5-13-14-6-8)12(17)10-4-9-2-3-11(10)15-9/h5-6,9-11,15H,2-4,7H2,1H3,(H,13,14). The summed E-state index contributed by atoms with van der Waals surface area (Å²) in [6.07, 6.45) is 7.01. The summed E-state index contributed by atoms with van der Waals surface area (Å²) in [6, 6.07) is 0.996. The SMILES string of the molecule is CN(Cc1cn[nH]c1)C(=O)C1CC2CCC1N2. The summed E-state index contributed by atoms with van der Waals surface area (Å²) >= 11 is 0. The summed E-state index contributed by atoms with van der Waals surface area (Å²) in [6.45, 7) is 0.642. The molecular weight excluding hydrogens is 216 g/mol. The highest BCUT2D eigenvalue weighted by Gasteiger charge is 2.43. The number of fused-ring (bicyclic) bond motifs is 2. The van der Waals surface area contributed by atoms with Crippen molar-refractivity contribution in [3.05, 3.63) is 18.0 Å². The van der Waals surface area contributed by atoms with E-state index in [0.717, 1.165) is 18.4 Å². The van der Waals surface area contributed by atoms with Crippen LogP contribution in [0, 0.1) is 5.92 Å². The van der Waals surface area contributed by atoms with Crippen LogP contribution in [0.25, 0.3) is 0 Å². The van der Waals surface area contributed by atoms with Crippen LogP contribution in [0.5, 0.6) is 0 Å². The number of carbonyl (C=O) groups is 1. The number of H-pyrrole nitrogens is 1. The molecule has 0 aromatic carbocycles. The Hall–Kier alpha value is -1.36. The Balaban J connectivity index is 1.62. The molecule has 92 valence electrons. The average Bonchev–Trinajstić information content (AvgIpc) is 3.04. The summed E-state index contributed by atoms with van der Waals surface area (Å²) in [4.78, 5) is 14.1. The number of hydrogen-bond donors (Lipinski definition) is 2. The first-order valence-electron chi connectivity index (χ1n) is 6.22. The van der Waals surface area contributed by atoms with Gasteiger partial charge in [0.15, 0.2) is 0 Å². The Bertz CT molecular complexity index is 403. The van der Waals surface area contributed by atoms with Crippen molar-refractivity contribution in [1.29, 1.82) is 0 Å². The summed E-state index contributed by atoms with van der Waals surface area (Å²) in [5.74, 6) is 0.455. The minimum absolute atomic E-state index is 0.186. The molecule has 3 heterocycles. The quantitative estimate of drug-likeness (QED) is 0.801. The zero-order valence-electron chi connectivity index (χ0n) is 10.0. The van der Waals surface area contributed by atoms with Crippen LogP contribution in [0.2, 0.25) is 0 Å². The molecule has 2 aliphatic rings. The zero-order valence-corrected chi connectivity index (χ0v) is 10.0. The summed E-state index contributed by atoms with van der Waals surface area (Å²) < 4.78 is 0. The lowest BCUT2D eigenvalue weighted by molar-refractivity contribution is -0.135. The topological polar surface area (TPSA) is 61.0 Å². The minimum atomic E-state index is 0.186. The second-order valence-electron chi connectivity index (χ2n) is 5.19. The summed E-state index contributed by atoms with van der Waals surface area (Å²) in [7, 11) is 1.88. The smallest absolute Gasteiger partial charge is 0.227 e. The van der Waals surface area contributed by atoms with Crippen LogP contribution in [0.3, 0.4) is 0 Å². The summed E-state index contributed by atoms with van der Waals surface area (Å²) in [5.41, 5.74) is 1.05. The third kappa shape index (κ3) is 1.95. The number of aromatic amines is 1. The molecule has 3 atom stereocenters. The number of amides is 1. The maximum atomic E-state index is 12.3.